The summed E-state index contributed by atoms with van der Waals surface area (Å²) in [5.41, 5.74) is 12.0. The Morgan fingerprint density at radius 3 is 1.23 bits per heavy atom. The molecule has 6 aromatic carbocycles. The summed E-state index contributed by atoms with van der Waals surface area (Å²) >= 11 is 1.10. The van der Waals surface area contributed by atoms with E-state index >= 15 is 0 Å². The van der Waals surface area contributed by atoms with E-state index in [1.165, 1.54) is 44.5 Å². The Balaban J connectivity index is 0.000000166. The fraction of sp³-hybridized carbons (Fsp3) is 0.179. The van der Waals surface area contributed by atoms with Gasteiger partial charge in [0.05, 0.1) is 23.8 Å². The van der Waals surface area contributed by atoms with Crippen LogP contribution in [0.25, 0.3) is 33.9 Å². The van der Waals surface area contributed by atoms with Crippen LogP contribution >= 0.6 is 11.3 Å². The van der Waals surface area contributed by atoms with Crippen molar-refractivity contribution in [2.45, 2.75) is 106 Å². The van der Waals surface area contributed by atoms with Crippen LogP contribution in [0, 0.1) is 0 Å². The van der Waals surface area contributed by atoms with E-state index in [-0.39, 0.29) is 70.9 Å². The van der Waals surface area contributed by atoms with Crippen molar-refractivity contribution in [1.29, 1.82) is 0 Å². The van der Waals surface area contributed by atoms with E-state index in [1.807, 2.05) is 146 Å². The molecule has 0 saturated heterocycles. The summed E-state index contributed by atoms with van der Waals surface area (Å²) in [5, 5.41) is 1.66. The van der Waals surface area contributed by atoms with Gasteiger partial charge in [0.25, 0.3) is 20.0 Å². The Labute approximate surface area is 604 Å². The van der Waals surface area contributed by atoms with Crippen LogP contribution in [-0.2, 0) is 103 Å². The highest BCUT2D eigenvalue weighted by molar-refractivity contribution is 7.91. The van der Waals surface area contributed by atoms with E-state index in [9.17, 15) is 39.6 Å². The van der Waals surface area contributed by atoms with Crippen LogP contribution < -0.4 is 0 Å². The Bertz CT molecular complexity index is 5100. The highest BCUT2D eigenvalue weighted by Crippen LogP contribution is 2.28. The van der Waals surface area contributed by atoms with Crippen LogP contribution in [0.3, 0.4) is 0 Å². The van der Waals surface area contributed by atoms with Gasteiger partial charge in [0.15, 0.2) is 10.9 Å². The van der Waals surface area contributed by atoms with Crippen LogP contribution in [-0.4, -0.2) is 100 Å². The lowest BCUT2D eigenvalue weighted by molar-refractivity contribution is -0.117. The topological polar surface area (TPSA) is 279 Å². The molecule has 103 heavy (non-hydrogen) atoms. The van der Waals surface area contributed by atoms with Gasteiger partial charge in [0.1, 0.15) is 22.2 Å². The molecule has 25 heteroatoms. The average molecular weight is 1450 g/mol. The molecule has 524 valence electrons. The van der Waals surface area contributed by atoms with Gasteiger partial charge in [-0.1, -0.05) is 152 Å². The molecule has 6 heterocycles. The molecule has 0 aliphatic rings. The molecule has 6 aromatic heterocycles. The highest BCUT2D eigenvalue weighted by Gasteiger charge is 2.30. The van der Waals surface area contributed by atoms with Crippen molar-refractivity contribution in [1.82, 2.24) is 57.8 Å². The minimum atomic E-state index is -3.85. The molecule has 12 aromatic rings. The Morgan fingerprint density at radius 1 is 0.350 bits per heavy atom. The Hall–Kier alpha value is -10.8. The first-order valence-corrected chi connectivity index (χ1v) is 37.9. The molecule has 12 rings (SSSR count). The maximum absolute atomic E-state index is 13.5. The van der Waals surface area contributed by atoms with Crippen LogP contribution in [0.4, 0.5) is 0 Å². The van der Waals surface area contributed by atoms with E-state index in [0.29, 0.717) is 37.9 Å². The molecular weight excluding hydrogens is 1380 g/mol. The number of carbonyl (C=O) groups excluding carboxylic acids is 3. The molecule has 0 aliphatic carbocycles. The minimum Gasteiger partial charge on any atom is -0.300 e. The number of hydrogen-bond acceptors (Lipinski definition) is 19. The second kappa shape index (κ2) is 36.2. The number of aromatic nitrogens is 9. The molecule has 21 nitrogen and oxygen atoms in total. The van der Waals surface area contributed by atoms with Gasteiger partial charge in [0.2, 0.25) is 14.4 Å². The van der Waals surface area contributed by atoms with Crippen molar-refractivity contribution in [3.63, 3.8) is 0 Å². The molecular formula is C78H74N12O9S4. The first kappa shape index (κ1) is 74.9. The number of ketones is 3. The van der Waals surface area contributed by atoms with E-state index < -0.39 is 30.1 Å². The number of nitrogens with zero attached hydrogens (tertiary/aromatic N) is 12. The SMILES string of the molecule is CC(=O)CCc1cccc(CN(Cc2ccc(-c3cnccn3)cc2)S(=O)(=O)c2ccccn2)c1.CC(=O)CCc1cccc(CN(Cc2ccc(-c3ncccn3)cc2)S(=O)(=O)c2nccs2)c1.CC(=O)Cc1cccc(CN(Cc2ccc(-c3cnccn3)cc2)S(=O)(=O)c2cccnc2)c1. The zero-order chi connectivity index (χ0) is 72.6. The maximum atomic E-state index is 13.5. The van der Waals surface area contributed by atoms with Gasteiger partial charge in [-0.15, -0.1) is 11.3 Å². The van der Waals surface area contributed by atoms with Gasteiger partial charge in [-0.3, -0.25) is 29.7 Å². The second-order valence-electron chi connectivity index (χ2n) is 24.1. The molecule has 0 spiro atoms. The number of hydrogen-bond donors (Lipinski definition) is 0. The number of carbonyl (C=O) groups is 3. The number of Topliss-reactive ketones (excluding diaryl/α,β-unsaturated/α-hetero) is 3. The molecule has 0 amide bonds. The number of benzene rings is 6. The summed E-state index contributed by atoms with van der Waals surface area (Å²) in [4.78, 5) is 71.9. The zero-order valence-corrected chi connectivity index (χ0v) is 60.0. The van der Waals surface area contributed by atoms with Gasteiger partial charge in [-0.2, -0.15) is 12.9 Å². The summed E-state index contributed by atoms with van der Waals surface area (Å²) in [6, 6.07) is 55.4. The van der Waals surface area contributed by atoms with Crippen molar-refractivity contribution in [3.8, 4) is 33.9 Å². The monoisotopic (exact) mass is 1450 g/mol. The predicted molar refractivity (Wildman–Crippen MR) is 394 cm³/mol. The van der Waals surface area contributed by atoms with Crippen molar-refractivity contribution in [2.75, 3.05) is 0 Å². The summed E-state index contributed by atoms with van der Waals surface area (Å²) in [6.07, 6.45) is 21.6. The summed E-state index contributed by atoms with van der Waals surface area (Å²) in [5.74, 6) is 0.922. The molecule has 0 N–H and O–H groups in total. The molecule has 0 radical (unpaired) electrons. The molecule has 0 bridgehead atoms. The molecule has 0 atom stereocenters. The van der Waals surface area contributed by atoms with Gasteiger partial charge in [-0.25, -0.2) is 45.2 Å². The van der Waals surface area contributed by atoms with Crippen LogP contribution in [0.2, 0.25) is 0 Å². The smallest absolute Gasteiger partial charge is 0.270 e. The van der Waals surface area contributed by atoms with E-state index in [0.717, 1.165) is 89.5 Å². The van der Waals surface area contributed by atoms with Gasteiger partial charge < -0.3 is 9.59 Å². The lowest BCUT2D eigenvalue weighted by atomic mass is 10.0. The fourth-order valence-electron chi connectivity index (χ4n) is 10.8. The van der Waals surface area contributed by atoms with Gasteiger partial charge >= 0.3 is 0 Å². The van der Waals surface area contributed by atoms with Crippen LogP contribution in [0.5, 0.6) is 0 Å². The Morgan fingerprint density at radius 2 is 0.796 bits per heavy atom. The summed E-state index contributed by atoms with van der Waals surface area (Å²) < 4.78 is 85.2. The van der Waals surface area contributed by atoms with Gasteiger partial charge in [0, 0.05) is 143 Å². The highest BCUT2D eigenvalue weighted by atomic mass is 32.2. The fourth-order valence-corrected chi connectivity index (χ4v) is 15.9. The quantitative estimate of drug-likeness (QED) is 0.0421. The normalized spacial score (nSPS) is 11.5. The van der Waals surface area contributed by atoms with E-state index in [4.69, 9.17) is 0 Å². The summed E-state index contributed by atoms with van der Waals surface area (Å²) in [7, 11) is -11.5. The third-order valence-corrected chi connectivity index (χ3v) is 22.5. The Kier molecular flexibility index (Phi) is 26.3. The standard InChI is InChI=1S/C27H26N4O3S.C26H24N4O3S.C25H24N4O3S2/c1-21(32)8-9-22-5-4-6-24(17-22)20-31(35(33,34)27-7-2-3-14-30-27)19-23-10-12-25(13-11-23)26-18-28-15-16-29-26;1-20(31)14-22-4-2-5-23(15-22)19-30(34(32,33)25-6-3-11-27-16-25)18-21-7-9-24(10-8-21)26-17-28-12-13-29-26;1-19(30)6-7-20-4-2-5-22(16-20)18-29(34(31,32)25-28-14-15-33-25)17-21-8-10-23(11-9-21)24-26-12-3-13-27-24/h2-7,10-18H,8-9,19-20H2,1H3;2-13,15-17H,14,18-19H2,1H3;2-5,8-16H,6-7,17-18H2,1H3. The number of rotatable bonds is 29. The van der Waals surface area contributed by atoms with Crippen molar-refractivity contribution < 1.29 is 39.6 Å². The first-order valence-electron chi connectivity index (χ1n) is 32.7. The van der Waals surface area contributed by atoms with Gasteiger partial charge in [-0.05, 0) is 114 Å². The largest absolute Gasteiger partial charge is 0.300 e. The lowest BCUT2D eigenvalue weighted by Gasteiger charge is -2.23. The van der Waals surface area contributed by atoms with Crippen molar-refractivity contribution in [3.05, 3.63) is 312 Å². The maximum Gasteiger partial charge on any atom is 0.270 e. The molecule has 0 saturated carbocycles. The van der Waals surface area contributed by atoms with Crippen molar-refractivity contribution in [2.24, 2.45) is 0 Å². The molecule has 0 fully saturated rings. The lowest BCUT2D eigenvalue weighted by Crippen LogP contribution is -2.31. The zero-order valence-electron chi connectivity index (χ0n) is 56.8. The third-order valence-electron chi connectivity index (χ3n) is 16.0. The average Bonchev–Trinajstić information content (AvgIpc) is 1.79. The summed E-state index contributed by atoms with van der Waals surface area (Å²) in [6.45, 7) is 5.76. The van der Waals surface area contributed by atoms with Crippen LogP contribution in [0.15, 0.2) is 276 Å². The third kappa shape index (κ3) is 21.9. The van der Waals surface area contributed by atoms with E-state index in [2.05, 4.69) is 44.9 Å². The minimum absolute atomic E-state index is 0.00362. The van der Waals surface area contributed by atoms with Crippen molar-refractivity contribution >= 4 is 58.8 Å². The number of pyridine rings is 2. The molecule has 0 aliphatic heterocycles. The number of thiazole rings is 1. The predicted octanol–water partition coefficient (Wildman–Crippen LogP) is 13.0. The molecule has 0 unspecified atom stereocenters. The number of aryl methyl sites for hydroxylation is 2. The van der Waals surface area contributed by atoms with E-state index in [1.54, 1.807) is 105 Å². The van der Waals surface area contributed by atoms with Crippen LogP contribution in [0.1, 0.15) is 83.7 Å². The second-order valence-corrected chi connectivity index (χ2v) is 30.9. The first-order chi connectivity index (χ1) is 49.7. The number of sulfonamides is 3.